The molecular formula is C10H15NO7S. The third-order valence-electron chi connectivity index (χ3n) is 1.67. The average Bonchev–Trinajstić information content (AvgIpc) is 2.32. The Bertz CT molecular complexity index is 358. The molecule has 0 fully saturated rings. The van der Waals surface area contributed by atoms with Crippen LogP contribution in [-0.4, -0.2) is 48.8 Å². The van der Waals surface area contributed by atoms with Gasteiger partial charge in [0.25, 0.3) is 0 Å². The van der Waals surface area contributed by atoms with Crippen molar-refractivity contribution in [2.75, 3.05) is 19.7 Å². The van der Waals surface area contributed by atoms with Crippen LogP contribution in [0.1, 0.15) is 13.8 Å². The lowest BCUT2D eigenvalue weighted by atomic mass is 10.3. The van der Waals surface area contributed by atoms with Crippen molar-refractivity contribution in [1.82, 2.24) is 5.32 Å². The van der Waals surface area contributed by atoms with E-state index in [0.29, 0.717) is 11.8 Å². The van der Waals surface area contributed by atoms with Gasteiger partial charge in [-0.2, -0.15) is 0 Å². The van der Waals surface area contributed by atoms with E-state index < -0.39 is 36.0 Å². The summed E-state index contributed by atoms with van der Waals surface area (Å²) in [5.41, 5.74) is 0. The molecule has 0 aromatic carbocycles. The minimum absolute atomic E-state index is 0.0504. The molecule has 1 N–H and O–H groups in total. The third-order valence-corrected chi connectivity index (χ3v) is 2.52. The SMILES string of the molecule is COC(=O)[C@H](CSC(=O)OCOC(C)=O)NC(C)=O. The van der Waals surface area contributed by atoms with E-state index in [0.717, 1.165) is 0 Å². The summed E-state index contributed by atoms with van der Waals surface area (Å²) in [4.78, 5) is 43.8. The van der Waals surface area contributed by atoms with Gasteiger partial charge in [0.1, 0.15) is 6.04 Å². The summed E-state index contributed by atoms with van der Waals surface area (Å²) in [6.45, 7) is 1.91. The highest BCUT2D eigenvalue weighted by atomic mass is 32.2. The van der Waals surface area contributed by atoms with Crippen molar-refractivity contribution >= 4 is 34.9 Å². The predicted octanol–water partition coefficient (Wildman–Crippen LogP) is 0.0545. The van der Waals surface area contributed by atoms with Gasteiger partial charge in [-0.05, 0) is 11.8 Å². The smallest absolute Gasteiger partial charge is 0.370 e. The lowest BCUT2D eigenvalue weighted by Gasteiger charge is -2.14. The Morgan fingerprint density at radius 1 is 1.16 bits per heavy atom. The zero-order valence-electron chi connectivity index (χ0n) is 10.8. The highest BCUT2D eigenvalue weighted by Gasteiger charge is 2.22. The van der Waals surface area contributed by atoms with Gasteiger partial charge in [0, 0.05) is 19.6 Å². The molecule has 0 rings (SSSR count). The van der Waals surface area contributed by atoms with Crippen molar-refractivity contribution in [3.8, 4) is 0 Å². The first-order valence-corrected chi connectivity index (χ1v) is 6.13. The second-order valence-electron chi connectivity index (χ2n) is 3.24. The van der Waals surface area contributed by atoms with Crippen molar-refractivity contribution in [3.05, 3.63) is 0 Å². The molecule has 0 saturated heterocycles. The lowest BCUT2D eigenvalue weighted by molar-refractivity contribution is -0.148. The average molecular weight is 293 g/mol. The molecular weight excluding hydrogens is 278 g/mol. The number of esters is 2. The van der Waals surface area contributed by atoms with Crippen LogP contribution < -0.4 is 5.32 Å². The molecule has 0 aliphatic heterocycles. The highest BCUT2D eigenvalue weighted by molar-refractivity contribution is 8.13. The summed E-state index contributed by atoms with van der Waals surface area (Å²) in [6, 6.07) is -0.950. The van der Waals surface area contributed by atoms with E-state index in [1.54, 1.807) is 0 Å². The molecule has 0 unspecified atom stereocenters. The molecule has 0 radical (unpaired) electrons. The Morgan fingerprint density at radius 2 is 1.79 bits per heavy atom. The van der Waals surface area contributed by atoms with Crippen LogP contribution in [0.25, 0.3) is 0 Å². The van der Waals surface area contributed by atoms with Crippen molar-refractivity contribution < 1.29 is 33.4 Å². The van der Waals surface area contributed by atoms with Crippen molar-refractivity contribution in [1.29, 1.82) is 0 Å². The maximum atomic E-state index is 11.3. The van der Waals surface area contributed by atoms with E-state index in [2.05, 4.69) is 19.5 Å². The van der Waals surface area contributed by atoms with Crippen LogP contribution in [0, 0.1) is 0 Å². The number of hydrogen-bond acceptors (Lipinski definition) is 8. The fourth-order valence-electron chi connectivity index (χ4n) is 0.910. The minimum Gasteiger partial charge on any atom is -0.467 e. The zero-order chi connectivity index (χ0) is 14.8. The first kappa shape index (κ1) is 17.2. The quantitative estimate of drug-likeness (QED) is 0.541. The third kappa shape index (κ3) is 8.89. The number of amides is 1. The molecule has 1 amide bonds. The Hall–Kier alpha value is -1.77. The van der Waals surface area contributed by atoms with E-state index in [4.69, 9.17) is 0 Å². The molecule has 8 nitrogen and oxygen atoms in total. The molecule has 0 aliphatic carbocycles. The summed E-state index contributed by atoms with van der Waals surface area (Å²) >= 11 is 0.654. The van der Waals surface area contributed by atoms with Gasteiger partial charge in [-0.1, -0.05) is 0 Å². The second-order valence-corrected chi connectivity index (χ2v) is 4.19. The molecule has 19 heavy (non-hydrogen) atoms. The van der Waals surface area contributed by atoms with Crippen LogP contribution in [0.4, 0.5) is 4.79 Å². The van der Waals surface area contributed by atoms with Gasteiger partial charge >= 0.3 is 17.2 Å². The lowest BCUT2D eigenvalue weighted by Crippen LogP contribution is -2.42. The second kappa shape index (κ2) is 9.20. The predicted molar refractivity (Wildman–Crippen MR) is 65.2 cm³/mol. The Labute approximate surface area is 114 Å². The number of nitrogens with one attached hydrogen (secondary N) is 1. The summed E-state index contributed by atoms with van der Waals surface area (Å²) in [5, 5.41) is 1.60. The fourth-order valence-corrected chi connectivity index (χ4v) is 1.56. The van der Waals surface area contributed by atoms with E-state index in [-0.39, 0.29) is 5.75 Å². The molecule has 0 saturated carbocycles. The van der Waals surface area contributed by atoms with E-state index >= 15 is 0 Å². The Balaban J connectivity index is 4.09. The monoisotopic (exact) mass is 293 g/mol. The van der Waals surface area contributed by atoms with Gasteiger partial charge in [-0.15, -0.1) is 0 Å². The number of methoxy groups -OCH3 is 1. The van der Waals surface area contributed by atoms with Crippen LogP contribution in [-0.2, 0) is 28.6 Å². The molecule has 0 heterocycles. The molecule has 0 spiro atoms. The van der Waals surface area contributed by atoms with Gasteiger partial charge in [0.15, 0.2) is 0 Å². The molecule has 0 aliphatic rings. The normalized spacial score (nSPS) is 11.1. The van der Waals surface area contributed by atoms with Gasteiger partial charge in [-0.25, -0.2) is 9.59 Å². The number of thioether (sulfide) groups is 1. The van der Waals surface area contributed by atoms with Crippen molar-refractivity contribution in [2.24, 2.45) is 0 Å². The van der Waals surface area contributed by atoms with Crippen LogP contribution in [0.2, 0.25) is 0 Å². The van der Waals surface area contributed by atoms with Crippen LogP contribution in [0.5, 0.6) is 0 Å². The molecule has 9 heteroatoms. The largest absolute Gasteiger partial charge is 0.467 e. The first-order valence-electron chi connectivity index (χ1n) is 5.14. The summed E-state index contributed by atoms with van der Waals surface area (Å²) < 4.78 is 13.4. The molecule has 108 valence electrons. The maximum Gasteiger partial charge on any atom is 0.370 e. The fraction of sp³-hybridized carbons (Fsp3) is 0.600. The number of hydrogen-bond donors (Lipinski definition) is 1. The first-order chi connectivity index (χ1) is 8.86. The maximum absolute atomic E-state index is 11.3. The van der Waals surface area contributed by atoms with Gasteiger partial charge in [-0.3, -0.25) is 9.59 Å². The Morgan fingerprint density at radius 3 is 2.26 bits per heavy atom. The van der Waals surface area contributed by atoms with Crippen LogP contribution in [0.15, 0.2) is 0 Å². The number of carbonyl (C=O) groups excluding carboxylic acids is 4. The van der Waals surface area contributed by atoms with Crippen LogP contribution >= 0.6 is 11.8 Å². The zero-order valence-corrected chi connectivity index (χ0v) is 11.6. The summed E-state index contributed by atoms with van der Waals surface area (Å²) in [6.07, 6.45) is 0. The molecule has 0 aromatic heterocycles. The van der Waals surface area contributed by atoms with Crippen molar-refractivity contribution in [2.45, 2.75) is 19.9 Å². The standard InChI is InChI=1S/C10H15NO7S/c1-6(12)11-8(9(14)16-3)4-19-10(15)18-5-17-7(2)13/h8H,4-5H2,1-3H3,(H,11,12)/t8-/m0/s1. The number of rotatable bonds is 6. The highest BCUT2D eigenvalue weighted by Crippen LogP contribution is 2.08. The van der Waals surface area contributed by atoms with Crippen molar-refractivity contribution in [3.63, 3.8) is 0 Å². The van der Waals surface area contributed by atoms with E-state index in [1.807, 2.05) is 0 Å². The Kier molecular flexibility index (Phi) is 8.34. The van der Waals surface area contributed by atoms with E-state index in [9.17, 15) is 19.2 Å². The van der Waals surface area contributed by atoms with E-state index in [1.165, 1.54) is 21.0 Å². The molecule has 0 bridgehead atoms. The number of carbonyl (C=O) groups is 4. The summed E-state index contributed by atoms with van der Waals surface area (Å²) in [5.74, 6) is -1.73. The van der Waals surface area contributed by atoms with Gasteiger partial charge in [0.05, 0.1) is 7.11 Å². The molecule has 1 atom stereocenters. The summed E-state index contributed by atoms with van der Waals surface area (Å²) in [7, 11) is 1.17. The van der Waals surface area contributed by atoms with Crippen LogP contribution in [0.3, 0.4) is 0 Å². The topological polar surface area (TPSA) is 108 Å². The molecule has 0 aromatic rings. The van der Waals surface area contributed by atoms with Gasteiger partial charge in [0.2, 0.25) is 12.7 Å². The number of ether oxygens (including phenoxy) is 3. The minimum atomic E-state index is -0.950. The van der Waals surface area contributed by atoms with Gasteiger partial charge < -0.3 is 19.5 Å².